The van der Waals surface area contributed by atoms with Crippen LogP contribution < -0.4 is 5.73 Å². The van der Waals surface area contributed by atoms with Crippen molar-refractivity contribution in [2.75, 3.05) is 33.2 Å². The second-order valence-electron chi connectivity index (χ2n) is 5.91. The molecule has 1 fully saturated rings. The first kappa shape index (κ1) is 14.5. The Balaban J connectivity index is 2.42. The summed E-state index contributed by atoms with van der Waals surface area (Å²) in [6.45, 7) is 9.33. The molecule has 0 unspecified atom stereocenters. The van der Waals surface area contributed by atoms with E-state index in [0.29, 0.717) is 19.1 Å². The molecule has 2 N–H and O–H groups in total. The molecule has 1 rings (SSSR count). The van der Waals surface area contributed by atoms with Crippen molar-refractivity contribution in [2.24, 2.45) is 11.1 Å². The number of carbonyl (C=O) groups excluding carboxylic acids is 1. The van der Waals surface area contributed by atoms with E-state index in [4.69, 9.17) is 5.73 Å². The Morgan fingerprint density at radius 2 is 2.00 bits per heavy atom. The molecule has 1 aliphatic rings. The molecule has 4 nitrogen and oxygen atoms in total. The standard InChI is InChI=1S/C13H27N3O/c1-5-16(10-13(2,3)9-14)8-12(17)15(4)11-6-7-11/h11H,5-10,14H2,1-4H3. The van der Waals surface area contributed by atoms with E-state index in [9.17, 15) is 4.79 Å². The summed E-state index contributed by atoms with van der Waals surface area (Å²) >= 11 is 0. The highest BCUT2D eigenvalue weighted by atomic mass is 16.2. The summed E-state index contributed by atoms with van der Waals surface area (Å²) in [4.78, 5) is 16.1. The topological polar surface area (TPSA) is 49.6 Å². The Hall–Kier alpha value is -0.610. The molecular weight excluding hydrogens is 214 g/mol. The van der Waals surface area contributed by atoms with Gasteiger partial charge in [0.15, 0.2) is 0 Å². The van der Waals surface area contributed by atoms with Gasteiger partial charge in [0.05, 0.1) is 6.54 Å². The maximum atomic E-state index is 12.0. The second-order valence-corrected chi connectivity index (χ2v) is 5.91. The fraction of sp³-hybridized carbons (Fsp3) is 0.923. The molecule has 4 heteroatoms. The van der Waals surface area contributed by atoms with Gasteiger partial charge in [0, 0.05) is 19.6 Å². The third-order valence-electron chi connectivity index (χ3n) is 3.50. The van der Waals surface area contributed by atoms with Crippen molar-refractivity contribution >= 4 is 5.91 Å². The number of hydrogen-bond acceptors (Lipinski definition) is 3. The van der Waals surface area contributed by atoms with E-state index in [1.807, 2.05) is 11.9 Å². The largest absolute Gasteiger partial charge is 0.342 e. The first-order valence-electron chi connectivity index (χ1n) is 6.57. The average molecular weight is 241 g/mol. The van der Waals surface area contributed by atoms with Crippen LogP contribution in [0.25, 0.3) is 0 Å². The van der Waals surface area contributed by atoms with Crippen molar-refractivity contribution in [3.05, 3.63) is 0 Å². The van der Waals surface area contributed by atoms with E-state index in [1.165, 1.54) is 12.8 Å². The van der Waals surface area contributed by atoms with Crippen LogP contribution in [0.3, 0.4) is 0 Å². The molecule has 0 aromatic heterocycles. The monoisotopic (exact) mass is 241 g/mol. The molecule has 0 bridgehead atoms. The van der Waals surface area contributed by atoms with Crippen molar-refractivity contribution in [1.29, 1.82) is 0 Å². The van der Waals surface area contributed by atoms with E-state index in [2.05, 4.69) is 25.7 Å². The Bertz CT molecular complexity index is 261. The molecule has 0 aromatic carbocycles. The first-order valence-corrected chi connectivity index (χ1v) is 6.57. The number of rotatable bonds is 7. The zero-order valence-corrected chi connectivity index (χ0v) is 11.7. The van der Waals surface area contributed by atoms with Crippen LogP contribution in [0.15, 0.2) is 0 Å². The Morgan fingerprint density at radius 3 is 2.41 bits per heavy atom. The van der Waals surface area contributed by atoms with Gasteiger partial charge >= 0.3 is 0 Å². The van der Waals surface area contributed by atoms with Crippen molar-refractivity contribution in [3.63, 3.8) is 0 Å². The summed E-state index contributed by atoms with van der Waals surface area (Å²) in [5.41, 5.74) is 5.81. The van der Waals surface area contributed by atoms with Crippen LogP contribution in [0.1, 0.15) is 33.6 Å². The average Bonchev–Trinajstić information content (AvgIpc) is 3.10. The van der Waals surface area contributed by atoms with Crippen LogP contribution in [0, 0.1) is 5.41 Å². The molecule has 100 valence electrons. The molecule has 1 amide bonds. The molecule has 0 radical (unpaired) electrons. The molecule has 1 saturated carbocycles. The molecular formula is C13H27N3O. The van der Waals surface area contributed by atoms with E-state index >= 15 is 0 Å². The second kappa shape index (κ2) is 5.83. The summed E-state index contributed by atoms with van der Waals surface area (Å²) < 4.78 is 0. The van der Waals surface area contributed by atoms with E-state index < -0.39 is 0 Å². The Labute approximate surface area is 105 Å². The number of amides is 1. The fourth-order valence-corrected chi connectivity index (χ4v) is 1.92. The van der Waals surface area contributed by atoms with Crippen LogP contribution in [0.4, 0.5) is 0 Å². The first-order chi connectivity index (χ1) is 7.89. The lowest BCUT2D eigenvalue weighted by molar-refractivity contribution is -0.131. The molecule has 0 atom stereocenters. The van der Waals surface area contributed by atoms with Crippen molar-refractivity contribution in [1.82, 2.24) is 9.80 Å². The third kappa shape index (κ3) is 4.64. The molecule has 0 heterocycles. The molecule has 1 aliphatic carbocycles. The minimum Gasteiger partial charge on any atom is -0.342 e. The number of carbonyl (C=O) groups is 1. The molecule has 17 heavy (non-hydrogen) atoms. The summed E-state index contributed by atoms with van der Waals surface area (Å²) in [5, 5.41) is 0. The van der Waals surface area contributed by atoms with Gasteiger partial charge in [-0.3, -0.25) is 9.69 Å². The minimum atomic E-state index is 0.0778. The van der Waals surface area contributed by atoms with E-state index in [1.54, 1.807) is 0 Å². The van der Waals surface area contributed by atoms with Gasteiger partial charge in [0.1, 0.15) is 0 Å². The Kier molecular flexibility index (Phi) is 4.95. The van der Waals surface area contributed by atoms with E-state index in [-0.39, 0.29) is 11.3 Å². The van der Waals surface area contributed by atoms with Crippen LogP contribution >= 0.6 is 0 Å². The summed E-state index contributed by atoms with van der Waals surface area (Å²) in [7, 11) is 1.92. The lowest BCUT2D eigenvalue weighted by Crippen LogP contribution is -2.44. The normalized spacial score (nSPS) is 16.4. The van der Waals surface area contributed by atoms with Crippen molar-refractivity contribution < 1.29 is 4.79 Å². The summed E-state index contributed by atoms with van der Waals surface area (Å²) in [6.07, 6.45) is 2.34. The quantitative estimate of drug-likeness (QED) is 0.721. The predicted molar refractivity (Wildman–Crippen MR) is 70.7 cm³/mol. The smallest absolute Gasteiger partial charge is 0.236 e. The molecule has 0 spiro atoms. The van der Waals surface area contributed by atoms with Crippen molar-refractivity contribution in [2.45, 2.75) is 39.7 Å². The highest BCUT2D eigenvalue weighted by Gasteiger charge is 2.30. The van der Waals surface area contributed by atoms with Gasteiger partial charge in [-0.15, -0.1) is 0 Å². The number of nitrogens with two attached hydrogens (primary N) is 1. The lowest BCUT2D eigenvalue weighted by Gasteiger charge is -2.31. The van der Waals surface area contributed by atoms with Crippen molar-refractivity contribution in [3.8, 4) is 0 Å². The number of nitrogens with zero attached hydrogens (tertiary/aromatic N) is 2. The lowest BCUT2D eigenvalue weighted by atomic mass is 9.93. The van der Waals surface area contributed by atoms with E-state index in [0.717, 1.165) is 13.1 Å². The molecule has 0 aromatic rings. The Morgan fingerprint density at radius 1 is 1.41 bits per heavy atom. The predicted octanol–water partition coefficient (Wildman–Crippen LogP) is 0.914. The van der Waals surface area contributed by atoms with Crippen LogP contribution in [-0.2, 0) is 4.79 Å². The maximum Gasteiger partial charge on any atom is 0.236 e. The zero-order valence-electron chi connectivity index (χ0n) is 11.7. The molecule has 0 aliphatic heterocycles. The maximum absolute atomic E-state index is 12.0. The summed E-state index contributed by atoms with van der Waals surface area (Å²) in [6, 6.07) is 0.503. The van der Waals surface area contributed by atoms with Crippen LogP contribution in [-0.4, -0.2) is 55.0 Å². The van der Waals surface area contributed by atoms with Crippen LogP contribution in [0.5, 0.6) is 0 Å². The van der Waals surface area contributed by atoms with Gasteiger partial charge in [-0.25, -0.2) is 0 Å². The van der Waals surface area contributed by atoms with Gasteiger partial charge in [-0.2, -0.15) is 0 Å². The van der Waals surface area contributed by atoms with Gasteiger partial charge in [-0.1, -0.05) is 20.8 Å². The highest BCUT2D eigenvalue weighted by molar-refractivity contribution is 5.78. The zero-order chi connectivity index (χ0) is 13.1. The SMILES string of the molecule is CCN(CC(=O)N(C)C1CC1)CC(C)(C)CN. The minimum absolute atomic E-state index is 0.0778. The number of likely N-dealkylation sites (N-methyl/N-ethyl adjacent to an activating group) is 2. The number of hydrogen-bond donors (Lipinski definition) is 1. The van der Waals surface area contributed by atoms with Gasteiger partial charge in [-0.05, 0) is 31.3 Å². The van der Waals surface area contributed by atoms with Gasteiger partial charge in [0.25, 0.3) is 0 Å². The van der Waals surface area contributed by atoms with Gasteiger partial charge in [0.2, 0.25) is 5.91 Å². The van der Waals surface area contributed by atoms with Gasteiger partial charge < -0.3 is 10.6 Å². The summed E-state index contributed by atoms with van der Waals surface area (Å²) in [5.74, 6) is 0.238. The van der Waals surface area contributed by atoms with Crippen LogP contribution in [0.2, 0.25) is 0 Å². The highest BCUT2D eigenvalue weighted by Crippen LogP contribution is 2.25. The fourth-order valence-electron chi connectivity index (χ4n) is 1.92. The molecule has 0 saturated heterocycles. The third-order valence-corrected chi connectivity index (χ3v) is 3.50.